The summed E-state index contributed by atoms with van der Waals surface area (Å²) in [6, 6.07) is 8.19. The average molecular weight is 530 g/mol. The van der Waals surface area contributed by atoms with Gasteiger partial charge in [-0.05, 0) is 39.8 Å². The number of carbonyl (C=O) groups is 5. The Morgan fingerprint density at radius 2 is 1.05 bits per heavy atom. The molecular formula is C28H35NO9. The molecule has 1 fully saturated rings. The maximum absolute atomic E-state index is 13.6. The molecule has 1 aromatic carbocycles. The summed E-state index contributed by atoms with van der Waals surface area (Å²) in [6.07, 6.45) is 3.11. The summed E-state index contributed by atoms with van der Waals surface area (Å²) < 4.78 is 21.5. The van der Waals surface area contributed by atoms with Gasteiger partial charge in [0.05, 0.1) is 55.6 Å². The van der Waals surface area contributed by atoms with E-state index >= 15 is 0 Å². The van der Waals surface area contributed by atoms with Crippen LogP contribution in [0.25, 0.3) is 0 Å². The summed E-state index contributed by atoms with van der Waals surface area (Å²) in [5.74, 6) is -9.11. The second kappa shape index (κ2) is 11.8. The van der Waals surface area contributed by atoms with Crippen molar-refractivity contribution in [2.24, 2.45) is 29.1 Å². The minimum absolute atomic E-state index is 0.0133. The van der Waals surface area contributed by atoms with Crippen molar-refractivity contribution >= 4 is 29.8 Å². The van der Waals surface area contributed by atoms with Gasteiger partial charge in [0, 0.05) is 11.0 Å². The Hall–Kier alpha value is -3.69. The third-order valence-electron chi connectivity index (χ3n) is 7.28. The van der Waals surface area contributed by atoms with Crippen LogP contribution in [0.1, 0.15) is 45.0 Å². The normalized spacial score (nSPS) is 29.2. The second-order valence-corrected chi connectivity index (χ2v) is 9.37. The van der Waals surface area contributed by atoms with Crippen LogP contribution in [0.3, 0.4) is 0 Å². The molecule has 1 amide bonds. The highest BCUT2D eigenvalue weighted by Crippen LogP contribution is 2.61. The van der Waals surface area contributed by atoms with Crippen molar-refractivity contribution in [3.05, 3.63) is 48.0 Å². The summed E-state index contributed by atoms with van der Waals surface area (Å²) >= 11 is 0. The molecule has 38 heavy (non-hydrogen) atoms. The highest BCUT2D eigenvalue weighted by molar-refractivity contribution is 5.99. The number of hydrogen-bond acceptors (Lipinski definition) is 9. The third kappa shape index (κ3) is 4.91. The zero-order chi connectivity index (χ0) is 28.1. The predicted octanol–water partition coefficient (Wildman–Crippen LogP) is 2.46. The topological polar surface area (TPSA) is 134 Å². The minimum Gasteiger partial charge on any atom is -0.466 e. The first-order chi connectivity index (χ1) is 18.1. The molecule has 3 aliphatic carbocycles. The van der Waals surface area contributed by atoms with Gasteiger partial charge in [-0.3, -0.25) is 24.0 Å². The number of ether oxygens (including phenoxy) is 4. The number of esters is 4. The molecule has 1 saturated carbocycles. The van der Waals surface area contributed by atoms with Crippen molar-refractivity contribution < 1.29 is 42.9 Å². The highest BCUT2D eigenvalue weighted by atomic mass is 16.5. The van der Waals surface area contributed by atoms with E-state index in [4.69, 9.17) is 18.9 Å². The summed E-state index contributed by atoms with van der Waals surface area (Å²) in [6.45, 7) is 8.05. The van der Waals surface area contributed by atoms with Crippen molar-refractivity contribution in [3.63, 3.8) is 0 Å². The Labute approximate surface area is 222 Å². The van der Waals surface area contributed by atoms with Crippen LogP contribution in [0.4, 0.5) is 0 Å². The van der Waals surface area contributed by atoms with Crippen molar-refractivity contribution in [1.82, 2.24) is 5.32 Å². The van der Waals surface area contributed by atoms with Crippen LogP contribution in [0, 0.1) is 29.1 Å². The lowest BCUT2D eigenvalue weighted by Crippen LogP contribution is -2.76. The number of fused-ring (bicyclic) bond motifs is 2. The van der Waals surface area contributed by atoms with Crippen LogP contribution >= 0.6 is 0 Å². The number of amides is 1. The number of nitrogens with one attached hydrogen (secondary N) is 1. The van der Waals surface area contributed by atoms with E-state index in [-0.39, 0.29) is 32.0 Å². The van der Waals surface area contributed by atoms with Crippen LogP contribution < -0.4 is 5.32 Å². The zero-order valence-corrected chi connectivity index (χ0v) is 22.4. The molecule has 6 atom stereocenters. The first-order valence-electron chi connectivity index (χ1n) is 12.9. The maximum atomic E-state index is 13.6. The Morgan fingerprint density at radius 1 is 0.658 bits per heavy atom. The molecular weight excluding hydrogens is 494 g/mol. The van der Waals surface area contributed by atoms with Crippen LogP contribution in [0.5, 0.6) is 0 Å². The van der Waals surface area contributed by atoms with Crippen molar-refractivity contribution in [2.45, 2.75) is 40.2 Å². The molecule has 206 valence electrons. The van der Waals surface area contributed by atoms with E-state index in [1.165, 1.54) is 6.08 Å². The van der Waals surface area contributed by atoms with E-state index in [0.717, 1.165) is 0 Å². The summed E-state index contributed by atoms with van der Waals surface area (Å²) in [7, 11) is 0. The maximum Gasteiger partial charge on any atom is 0.312 e. The monoisotopic (exact) mass is 529 g/mol. The molecule has 0 aliphatic heterocycles. The summed E-state index contributed by atoms with van der Waals surface area (Å²) in [5.41, 5.74) is -3.01. The molecule has 0 heterocycles. The van der Waals surface area contributed by atoms with Crippen LogP contribution in [-0.2, 0) is 38.1 Å². The molecule has 0 aromatic heterocycles. The average Bonchev–Trinajstić information content (AvgIpc) is 2.89. The largest absolute Gasteiger partial charge is 0.466 e. The van der Waals surface area contributed by atoms with E-state index in [9.17, 15) is 24.0 Å². The van der Waals surface area contributed by atoms with Crippen LogP contribution in [0.2, 0.25) is 0 Å². The van der Waals surface area contributed by atoms with E-state index in [0.29, 0.717) is 0 Å². The molecule has 2 unspecified atom stereocenters. The van der Waals surface area contributed by atoms with Gasteiger partial charge in [0.1, 0.15) is 0 Å². The van der Waals surface area contributed by atoms with Gasteiger partial charge in [-0.2, -0.15) is 0 Å². The van der Waals surface area contributed by atoms with E-state index < -0.39 is 64.4 Å². The van der Waals surface area contributed by atoms with Gasteiger partial charge in [0.2, 0.25) is 0 Å². The Morgan fingerprint density at radius 3 is 1.45 bits per heavy atom. The van der Waals surface area contributed by atoms with Gasteiger partial charge in [-0.1, -0.05) is 37.3 Å². The quantitative estimate of drug-likeness (QED) is 0.275. The molecule has 0 radical (unpaired) electrons. The van der Waals surface area contributed by atoms with Gasteiger partial charge in [-0.15, -0.1) is 0 Å². The number of benzene rings is 1. The van der Waals surface area contributed by atoms with Crippen LogP contribution in [0.15, 0.2) is 42.5 Å². The van der Waals surface area contributed by atoms with Crippen LogP contribution in [-0.4, -0.2) is 61.8 Å². The molecule has 1 aromatic rings. The van der Waals surface area contributed by atoms with E-state index in [1.54, 1.807) is 71.0 Å². The summed E-state index contributed by atoms with van der Waals surface area (Å²) in [5, 5.41) is 2.84. The molecule has 0 spiro atoms. The first-order valence-corrected chi connectivity index (χ1v) is 12.9. The van der Waals surface area contributed by atoms with Gasteiger partial charge in [0.25, 0.3) is 5.91 Å². The van der Waals surface area contributed by atoms with Gasteiger partial charge in [-0.25, -0.2) is 0 Å². The number of rotatable bonds is 10. The van der Waals surface area contributed by atoms with Crippen molar-refractivity contribution in [2.75, 3.05) is 26.4 Å². The Kier molecular flexibility index (Phi) is 8.96. The van der Waals surface area contributed by atoms with Gasteiger partial charge in [0.15, 0.2) is 0 Å². The van der Waals surface area contributed by atoms with E-state index in [1.807, 2.05) is 0 Å². The number of allylic oxidation sites excluding steroid dienone is 1. The number of hydrogen-bond donors (Lipinski definition) is 1. The predicted molar refractivity (Wildman–Crippen MR) is 134 cm³/mol. The molecule has 10 heteroatoms. The lowest BCUT2D eigenvalue weighted by atomic mass is 9.43. The lowest BCUT2D eigenvalue weighted by molar-refractivity contribution is -0.198. The molecule has 1 N–H and O–H groups in total. The standard InChI is InChI=1S/C28H35NO9/c1-6-35-23(31)18-20(25(33)37-8-3)28(29-22(30)17-13-11-10-12-14-17)16-15-27(18,5)19(24(32)36-7-2)21(28)26(34)38-9-4/h10-16,18-21H,6-9H2,1-5H3,(H,29,30)/t18-,19+,20+,21-,27?,28?. The fourth-order valence-corrected chi connectivity index (χ4v) is 5.81. The molecule has 4 rings (SSSR count). The Balaban J connectivity index is 2.34. The first kappa shape index (κ1) is 28.9. The molecule has 10 nitrogen and oxygen atoms in total. The zero-order valence-electron chi connectivity index (χ0n) is 22.4. The number of carbonyl (C=O) groups excluding carboxylic acids is 5. The van der Waals surface area contributed by atoms with Crippen molar-refractivity contribution in [1.29, 1.82) is 0 Å². The smallest absolute Gasteiger partial charge is 0.312 e. The Bertz CT molecular complexity index is 1050. The van der Waals surface area contributed by atoms with Gasteiger partial charge < -0.3 is 24.3 Å². The fourth-order valence-electron chi connectivity index (χ4n) is 5.81. The third-order valence-corrected chi connectivity index (χ3v) is 7.28. The molecule has 3 aliphatic rings. The minimum atomic E-state index is -1.86. The SMILES string of the molecule is CCOC(=O)[C@@H]1[C@H](C(=O)OCC)C2(NC(=O)c3ccccc3)C=CC1(C)[C@@H](C(=O)OCC)[C@H]2C(=O)OCC. The van der Waals surface area contributed by atoms with Crippen molar-refractivity contribution in [3.8, 4) is 0 Å². The highest BCUT2D eigenvalue weighted by Gasteiger charge is 2.74. The molecule has 0 saturated heterocycles. The van der Waals surface area contributed by atoms with Gasteiger partial charge >= 0.3 is 23.9 Å². The van der Waals surface area contributed by atoms with E-state index in [2.05, 4.69) is 5.32 Å². The molecule has 2 bridgehead atoms. The fraction of sp³-hybridized carbons (Fsp3) is 0.536. The summed E-state index contributed by atoms with van der Waals surface area (Å²) in [4.78, 5) is 67.8. The lowest BCUT2D eigenvalue weighted by Gasteiger charge is -2.60. The second-order valence-electron chi connectivity index (χ2n) is 9.37.